The molecule has 2 rings (SSSR count). The van der Waals surface area contributed by atoms with Crippen LogP contribution in [0.5, 0.6) is 0 Å². The van der Waals surface area contributed by atoms with Gasteiger partial charge in [-0.2, -0.15) is 0 Å². The molecule has 3 nitrogen and oxygen atoms in total. The molecule has 2 aromatic rings. The maximum Gasteiger partial charge on any atom is 0.319 e. The number of fused-ring (bicyclic) bond motifs is 1. The Morgan fingerprint density at radius 3 is 2.71 bits per heavy atom. The Bertz CT molecular complexity index is 561. The SMILES string of the molecule is CC(C)(Sc1nccc2ccccc12)C(=O)O. The lowest BCUT2D eigenvalue weighted by molar-refractivity contribution is -0.138. The van der Waals surface area contributed by atoms with Gasteiger partial charge in [0.25, 0.3) is 0 Å². The van der Waals surface area contributed by atoms with Crippen LogP contribution in [0.1, 0.15) is 13.8 Å². The highest BCUT2D eigenvalue weighted by Crippen LogP contribution is 2.35. The number of aliphatic carboxylic acids is 1. The molecule has 0 aliphatic heterocycles. The summed E-state index contributed by atoms with van der Waals surface area (Å²) in [5.74, 6) is -0.836. The van der Waals surface area contributed by atoms with Crippen molar-refractivity contribution >= 4 is 28.5 Å². The predicted molar refractivity (Wildman–Crippen MR) is 69.3 cm³/mol. The van der Waals surface area contributed by atoms with Gasteiger partial charge in [-0.15, -0.1) is 0 Å². The second kappa shape index (κ2) is 4.37. The number of hydrogen-bond acceptors (Lipinski definition) is 3. The van der Waals surface area contributed by atoms with Crippen LogP contribution in [-0.2, 0) is 4.79 Å². The van der Waals surface area contributed by atoms with Crippen LogP contribution in [0, 0.1) is 0 Å². The van der Waals surface area contributed by atoms with Crippen molar-refractivity contribution in [1.29, 1.82) is 0 Å². The number of thioether (sulfide) groups is 1. The lowest BCUT2D eigenvalue weighted by atomic mass is 10.2. The molecular formula is C13H13NO2S. The number of nitrogens with zero attached hydrogens (tertiary/aromatic N) is 1. The van der Waals surface area contributed by atoms with E-state index in [2.05, 4.69) is 4.98 Å². The lowest BCUT2D eigenvalue weighted by Crippen LogP contribution is -2.27. The zero-order chi connectivity index (χ0) is 12.5. The molecule has 17 heavy (non-hydrogen) atoms. The van der Waals surface area contributed by atoms with E-state index in [1.165, 1.54) is 11.8 Å². The highest BCUT2D eigenvalue weighted by Gasteiger charge is 2.29. The van der Waals surface area contributed by atoms with Gasteiger partial charge in [0.05, 0.1) is 0 Å². The maximum absolute atomic E-state index is 11.1. The largest absolute Gasteiger partial charge is 0.480 e. The summed E-state index contributed by atoms with van der Waals surface area (Å²) in [5, 5.41) is 12.0. The Hall–Kier alpha value is -1.55. The Labute approximate surface area is 104 Å². The molecule has 0 amide bonds. The zero-order valence-corrected chi connectivity index (χ0v) is 10.5. The van der Waals surface area contributed by atoms with Crippen LogP contribution < -0.4 is 0 Å². The van der Waals surface area contributed by atoms with E-state index in [1.54, 1.807) is 20.0 Å². The average Bonchev–Trinajstić information content (AvgIpc) is 2.29. The van der Waals surface area contributed by atoms with Crippen LogP contribution in [0.3, 0.4) is 0 Å². The first kappa shape index (κ1) is 11.9. The molecule has 0 unspecified atom stereocenters. The standard InChI is InChI=1S/C13H13NO2S/c1-13(2,12(15)16)17-11-10-6-4-3-5-9(10)7-8-14-11/h3-8H,1-2H3,(H,15,16). The molecule has 0 radical (unpaired) electrons. The van der Waals surface area contributed by atoms with Gasteiger partial charge in [0.15, 0.2) is 0 Å². The van der Waals surface area contributed by atoms with Crippen molar-refractivity contribution in [3.63, 3.8) is 0 Å². The van der Waals surface area contributed by atoms with Gasteiger partial charge in [-0.3, -0.25) is 4.79 Å². The third-order valence-electron chi connectivity index (χ3n) is 2.50. The summed E-state index contributed by atoms with van der Waals surface area (Å²) in [7, 11) is 0. The van der Waals surface area contributed by atoms with Crippen LogP contribution in [0.2, 0.25) is 0 Å². The highest BCUT2D eigenvalue weighted by molar-refractivity contribution is 8.01. The topological polar surface area (TPSA) is 50.2 Å². The fourth-order valence-electron chi connectivity index (χ4n) is 1.46. The molecule has 0 spiro atoms. The van der Waals surface area contributed by atoms with Crippen LogP contribution in [0.25, 0.3) is 10.8 Å². The fourth-order valence-corrected chi connectivity index (χ4v) is 2.44. The number of carbonyl (C=O) groups is 1. The summed E-state index contributed by atoms with van der Waals surface area (Å²) in [5.41, 5.74) is 0. The molecule has 0 saturated carbocycles. The molecular weight excluding hydrogens is 234 g/mol. The Kier molecular flexibility index (Phi) is 3.07. The number of pyridine rings is 1. The average molecular weight is 247 g/mol. The van der Waals surface area contributed by atoms with E-state index < -0.39 is 10.7 Å². The molecule has 0 aliphatic rings. The molecule has 1 N–H and O–H groups in total. The molecule has 88 valence electrons. The molecule has 1 heterocycles. The van der Waals surface area contributed by atoms with Crippen molar-refractivity contribution in [2.45, 2.75) is 23.6 Å². The number of carboxylic acid groups (broad SMARTS) is 1. The molecule has 4 heteroatoms. The molecule has 0 bridgehead atoms. The number of rotatable bonds is 3. The third-order valence-corrected chi connectivity index (χ3v) is 3.71. The van der Waals surface area contributed by atoms with Crippen molar-refractivity contribution in [2.24, 2.45) is 0 Å². The summed E-state index contributed by atoms with van der Waals surface area (Å²) in [6, 6.07) is 9.77. The molecule has 1 aromatic carbocycles. The van der Waals surface area contributed by atoms with Gasteiger partial charge in [-0.25, -0.2) is 4.98 Å². The first-order valence-corrected chi connectivity index (χ1v) is 6.08. The first-order chi connectivity index (χ1) is 8.00. The van der Waals surface area contributed by atoms with E-state index in [-0.39, 0.29) is 0 Å². The summed E-state index contributed by atoms with van der Waals surface area (Å²) < 4.78 is -0.878. The fraction of sp³-hybridized carbons (Fsp3) is 0.231. The normalized spacial score (nSPS) is 11.6. The summed E-state index contributed by atoms with van der Waals surface area (Å²) >= 11 is 1.27. The zero-order valence-electron chi connectivity index (χ0n) is 9.68. The van der Waals surface area contributed by atoms with E-state index >= 15 is 0 Å². The van der Waals surface area contributed by atoms with Gasteiger partial charge in [0, 0.05) is 11.6 Å². The summed E-state index contributed by atoms with van der Waals surface area (Å²) in [6.45, 7) is 3.37. The maximum atomic E-state index is 11.1. The van der Waals surface area contributed by atoms with E-state index in [4.69, 9.17) is 5.11 Å². The van der Waals surface area contributed by atoms with Gasteiger partial charge in [-0.1, -0.05) is 36.0 Å². The quantitative estimate of drug-likeness (QED) is 0.846. The second-order valence-electron chi connectivity index (χ2n) is 4.25. The van der Waals surface area contributed by atoms with Crippen molar-refractivity contribution in [3.8, 4) is 0 Å². The van der Waals surface area contributed by atoms with Crippen molar-refractivity contribution in [2.75, 3.05) is 0 Å². The van der Waals surface area contributed by atoms with Crippen LogP contribution in [0.15, 0.2) is 41.6 Å². The Morgan fingerprint density at radius 2 is 2.00 bits per heavy atom. The van der Waals surface area contributed by atoms with E-state index in [1.807, 2.05) is 30.3 Å². The minimum absolute atomic E-state index is 0.760. The molecule has 1 aromatic heterocycles. The van der Waals surface area contributed by atoms with E-state index in [0.717, 1.165) is 15.8 Å². The number of carboxylic acids is 1. The monoisotopic (exact) mass is 247 g/mol. The molecule has 0 aliphatic carbocycles. The Morgan fingerprint density at radius 1 is 1.29 bits per heavy atom. The Balaban J connectivity index is 2.46. The third kappa shape index (κ3) is 2.42. The van der Waals surface area contributed by atoms with Gasteiger partial charge < -0.3 is 5.11 Å². The number of hydrogen-bond donors (Lipinski definition) is 1. The van der Waals surface area contributed by atoms with Crippen molar-refractivity contribution in [3.05, 3.63) is 36.5 Å². The van der Waals surface area contributed by atoms with E-state index in [0.29, 0.717) is 0 Å². The van der Waals surface area contributed by atoms with Gasteiger partial charge in [-0.05, 0) is 25.3 Å². The van der Waals surface area contributed by atoms with Crippen LogP contribution in [0.4, 0.5) is 0 Å². The lowest BCUT2D eigenvalue weighted by Gasteiger charge is -2.18. The highest BCUT2D eigenvalue weighted by atomic mass is 32.2. The minimum Gasteiger partial charge on any atom is -0.480 e. The van der Waals surface area contributed by atoms with Gasteiger partial charge in [0.1, 0.15) is 9.77 Å². The van der Waals surface area contributed by atoms with Gasteiger partial charge in [0.2, 0.25) is 0 Å². The van der Waals surface area contributed by atoms with E-state index in [9.17, 15) is 4.79 Å². The molecule has 0 saturated heterocycles. The summed E-state index contributed by atoms with van der Waals surface area (Å²) in [4.78, 5) is 15.4. The predicted octanol–water partition coefficient (Wildman–Crippen LogP) is 3.19. The van der Waals surface area contributed by atoms with Crippen LogP contribution >= 0.6 is 11.8 Å². The second-order valence-corrected chi connectivity index (χ2v) is 5.87. The van der Waals surface area contributed by atoms with Crippen molar-refractivity contribution < 1.29 is 9.90 Å². The van der Waals surface area contributed by atoms with Gasteiger partial charge >= 0.3 is 5.97 Å². The van der Waals surface area contributed by atoms with Crippen molar-refractivity contribution in [1.82, 2.24) is 4.98 Å². The minimum atomic E-state index is -0.878. The number of aromatic nitrogens is 1. The number of benzene rings is 1. The smallest absolute Gasteiger partial charge is 0.319 e. The molecule has 0 fully saturated rings. The molecule has 0 atom stereocenters. The first-order valence-electron chi connectivity index (χ1n) is 5.27. The van der Waals surface area contributed by atoms with Crippen LogP contribution in [-0.4, -0.2) is 20.8 Å². The summed E-state index contributed by atoms with van der Waals surface area (Å²) in [6.07, 6.45) is 1.71.